The van der Waals surface area contributed by atoms with Crippen LogP contribution in [0.5, 0.6) is 0 Å². The van der Waals surface area contributed by atoms with Gasteiger partial charge in [-0.15, -0.1) is 0 Å². The Bertz CT molecular complexity index is 722. The smallest absolute Gasteiger partial charge is 0.331 e. The molecule has 108 valence electrons. The number of hydrogen-bond donors (Lipinski definition) is 2. The van der Waals surface area contributed by atoms with Crippen LogP contribution < -0.4 is 5.73 Å². The second-order valence-electron chi connectivity index (χ2n) is 4.61. The Kier molecular flexibility index (Phi) is 4.03. The Balaban J connectivity index is 2.49. The van der Waals surface area contributed by atoms with E-state index in [0.717, 1.165) is 18.2 Å². The molecule has 0 saturated heterocycles. The Labute approximate surface area is 120 Å². The minimum absolute atomic E-state index is 0.0754. The topological polar surface area (TPSA) is 63.3 Å². The summed E-state index contributed by atoms with van der Waals surface area (Å²) in [6.07, 6.45) is 1.09. The van der Waals surface area contributed by atoms with Crippen LogP contribution in [0.2, 0.25) is 0 Å². The molecule has 0 unspecified atom stereocenters. The minimum Gasteiger partial charge on any atom is -0.478 e. The lowest BCUT2D eigenvalue weighted by Crippen LogP contribution is -1.97. The summed E-state index contributed by atoms with van der Waals surface area (Å²) in [5.41, 5.74) is 6.48. The maximum atomic E-state index is 14.1. The summed E-state index contributed by atoms with van der Waals surface area (Å²) >= 11 is 0. The standard InChI is InChI=1S/C16H13F2NO2/c1-9(16(20)21)6-11-7-15(18)13(8-14(11)17)10-2-4-12(19)5-3-10/h2-8H,19H2,1H3,(H,20,21). The molecule has 2 aromatic carbocycles. The largest absolute Gasteiger partial charge is 0.478 e. The predicted octanol–water partition coefficient (Wildman–Crippen LogP) is 3.70. The molecule has 2 aromatic rings. The molecule has 0 bridgehead atoms. The molecule has 0 heterocycles. The first-order valence-corrected chi connectivity index (χ1v) is 6.15. The van der Waals surface area contributed by atoms with Gasteiger partial charge in [-0.3, -0.25) is 0 Å². The summed E-state index contributed by atoms with van der Waals surface area (Å²) in [5.74, 6) is -2.51. The summed E-state index contributed by atoms with van der Waals surface area (Å²) in [5, 5.41) is 8.77. The molecule has 0 aliphatic carbocycles. The van der Waals surface area contributed by atoms with Crippen LogP contribution in [-0.2, 0) is 4.79 Å². The second-order valence-corrected chi connectivity index (χ2v) is 4.61. The fraction of sp³-hybridized carbons (Fsp3) is 0.0625. The number of nitrogens with two attached hydrogens (primary N) is 1. The summed E-state index contributed by atoms with van der Waals surface area (Å²) in [7, 11) is 0. The Morgan fingerprint density at radius 1 is 1.14 bits per heavy atom. The van der Waals surface area contributed by atoms with Crippen molar-refractivity contribution >= 4 is 17.7 Å². The van der Waals surface area contributed by atoms with E-state index in [-0.39, 0.29) is 16.7 Å². The monoisotopic (exact) mass is 289 g/mol. The van der Waals surface area contributed by atoms with Crippen LogP contribution in [0.3, 0.4) is 0 Å². The van der Waals surface area contributed by atoms with Crippen molar-refractivity contribution in [2.24, 2.45) is 0 Å². The van der Waals surface area contributed by atoms with Gasteiger partial charge in [0.25, 0.3) is 0 Å². The first kappa shape index (κ1) is 14.7. The first-order chi connectivity index (χ1) is 9.88. The molecule has 0 radical (unpaired) electrons. The van der Waals surface area contributed by atoms with E-state index in [1.54, 1.807) is 24.3 Å². The molecule has 3 N–H and O–H groups in total. The van der Waals surface area contributed by atoms with Gasteiger partial charge < -0.3 is 10.8 Å². The lowest BCUT2D eigenvalue weighted by molar-refractivity contribution is -0.132. The molecular weight excluding hydrogens is 276 g/mol. The van der Waals surface area contributed by atoms with Crippen molar-refractivity contribution in [3.05, 3.63) is 59.2 Å². The van der Waals surface area contributed by atoms with Crippen LogP contribution in [-0.4, -0.2) is 11.1 Å². The molecule has 0 aliphatic heterocycles. The zero-order valence-electron chi connectivity index (χ0n) is 11.2. The minimum atomic E-state index is -1.18. The average Bonchev–Trinajstić information content (AvgIpc) is 2.43. The summed E-state index contributed by atoms with van der Waals surface area (Å²) < 4.78 is 28.1. The number of benzene rings is 2. The SMILES string of the molecule is CC(=Cc1cc(F)c(-c2ccc(N)cc2)cc1F)C(=O)O. The van der Waals surface area contributed by atoms with Crippen molar-refractivity contribution in [1.82, 2.24) is 0 Å². The van der Waals surface area contributed by atoms with E-state index in [9.17, 15) is 13.6 Å². The zero-order chi connectivity index (χ0) is 15.6. The highest BCUT2D eigenvalue weighted by Gasteiger charge is 2.11. The quantitative estimate of drug-likeness (QED) is 0.669. The Morgan fingerprint density at radius 2 is 1.76 bits per heavy atom. The molecular formula is C16H13F2NO2. The zero-order valence-corrected chi connectivity index (χ0v) is 11.2. The molecule has 0 atom stereocenters. The maximum absolute atomic E-state index is 14.1. The number of halogens is 2. The van der Waals surface area contributed by atoms with Crippen LogP contribution in [0.15, 0.2) is 42.0 Å². The fourth-order valence-electron chi connectivity index (χ4n) is 1.85. The summed E-state index contributed by atoms with van der Waals surface area (Å²) in [4.78, 5) is 10.7. The van der Waals surface area contributed by atoms with Crippen molar-refractivity contribution < 1.29 is 18.7 Å². The van der Waals surface area contributed by atoms with E-state index in [1.807, 2.05) is 0 Å². The molecule has 0 amide bonds. The normalized spacial score (nSPS) is 11.5. The first-order valence-electron chi connectivity index (χ1n) is 6.15. The van der Waals surface area contributed by atoms with E-state index >= 15 is 0 Å². The number of aliphatic carboxylic acids is 1. The van der Waals surface area contributed by atoms with Gasteiger partial charge in [-0.1, -0.05) is 12.1 Å². The summed E-state index contributed by atoms with van der Waals surface area (Å²) in [6, 6.07) is 8.38. The third-order valence-electron chi connectivity index (χ3n) is 3.02. The van der Waals surface area contributed by atoms with Crippen LogP contribution in [0.4, 0.5) is 14.5 Å². The van der Waals surface area contributed by atoms with E-state index in [4.69, 9.17) is 10.8 Å². The second kappa shape index (κ2) is 5.75. The molecule has 0 aliphatic rings. The van der Waals surface area contributed by atoms with E-state index in [1.165, 1.54) is 6.92 Å². The fourth-order valence-corrected chi connectivity index (χ4v) is 1.85. The predicted molar refractivity (Wildman–Crippen MR) is 77.5 cm³/mol. The van der Waals surface area contributed by atoms with Gasteiger partial charge in [0, 0.05) is 22.4 Å². The summed E-state index contributed by atoms with van der Waals surface area (Å²) in [6.45, 7) is 1.31. The number of hydrogen-bond acceptors (Lipinski definition) is 2. The van der Waals surface area contributed by atoms with Gasteiger partial charge in [-0.25, -0.2) is 13.6 Å². The third kappa shape index (κ3) is 3.25. The number of carbonyl (C=O) groups is 1. The van der Waals surface area contributed by atoms with E-state index < -0.39 is 17.6 Å². The molecule has 0 saturated carbocycles. The molecule has 21 heavy (non-hydrogen) atoms. The molecule has 0 spiro atoms. The molecule has 0 fully saturated rings. The Hall–Kier alpha value is -2.69. The lowest BCUT2D eigenvalue weighted by Gasteiger charge is -2.07. The number of rotatable bonds is 3. The van der Waals surface area contributed by atoms with Gasteiger partial charge >= 0.3 is 5.97 Å². The number of carboxylic acids is 1. The average molecular weight is 289 g/mol. The molecule has 5 heteroatoms. The van der Waals surface area contributed by atoms with Crippen molar-refractivity contribution in [1.29, 1.82) is 0 Å². The molecule has 2 rings (SSSR count). The maximum Gasteiger partial charge on any atom is 0.331 e. The van der Waals surface area contributed by atoms with Gasteiger partial charge in [-0.05, 0) is 42.8 Å². The molecule has 0 aromatic heterocycles. The number of nitrogen functional groups attached to an aromatic ring is 1. The van der Waals surface area contributed by atoms with Gasteiger partial charge in [0.15, 0.2) is 0 Å². The van der Waals surface area contributed by atoms with Crippen LogP contribution in [0.1, 0.15) is 12.5 Å². The van der Waals surface area contributed by atoms with Crippen LogP contribution >= 0.6 is 0 Å². The lowest BCUT2D eigenvalue weighted by atomic mass is 10.0. The number of carboxylic acid groups (broad SMARTS) is 1. The van der Waals surface area contributed by atoms with Crippen LogP contribution in [0.25, 0.3) is 17.2 Å². The van der Waals surface area contributed by atoms with Gasteiger partial charge in [-0.2, -0.15) is 0 Å². The Morgan fingerprint density at radius 3 is 2.33 bits per heavy atom. The van der Waals surface area contributed by atoms with Crippen molar-refractivity contribution in [3.63, 3.8) is 0 Å². The van der Waals surface area contributed by atoms with Crippen molar-refractivity contribution in [2.75, 3.05) is 5.73 Å². The highest BCUT2D eigenvalue weighted by atomic mass is 19.1. The van der Waals surface area contributed by atoms with Crippen molar-refractivity contribution in [2.45, 2.75) is 6.92 Å². The van der Waals surface area contributed by atoms with E-state index in [2.05, 4.69) is 0 Å². The highest BCUT2D eigenvalue weighted by Crippen LogP contribution is 2.27. The van der Waals surface area contributed by atoms with Gasteiger partial charge in [0.05, 0.1) is 0 Å². The van der Waals surface area contributed by atoms with Crippen molar-refractivity contribution in [3.8, 4) is 11.1 Å². The number of anilines is 1. The van der Waals surface area contributed by atoms with Gasteiger partial charge in [0.2, 0.25) is 0 Å². The highest BCUT2D eigenvalue weighted by molar-refractivity contribution is 5.91. The van der Waals surface area contributed by atoms with E-state index in [0.29, 0.717) is 11.3 Å². The van der Waals surface area contributed by atoms with Gasteiger partial charge in [0.1, 0.15) is 11.6 Å². The molecule has 3 nitrogen and oxygen atoms in total. The van der Waals surface area contributed by atoms with Crippen LogP contribution in [0, 0.1) is 11.6 Å². The third-order valence-corrected chi connectivity index (χ3v) is 3.02.